The van der Waals surface area contributed by atoms with Crippen LogP contribution >= 0.6 is 0 Å². The Kier molecular flexibility index (Phi) is 8.56. The number of carbonyl (C=O) groups excluding carboxylic acids is 1. The van der Waals surface area contributed by atoms with E-state index in [0.717, 1.165) is 24.1 Å². The smallest absolute Gasteiger partial charge is 0.328 e. The average Bonchev–Trinajstić information content (AvgIpc) is 2.48. The minimum absolute atomic E-state index is 0.142. The van der Waals surface area contributed by atoms with Gasteiger partial charge in [0, 0.05) is 5.69 Å². The molecule has 0 spiro atoms. The molecule has 0 radical (unpaired) electrons. The van der Waals surface area contributed by atoms with Gasteiger partial charge in [0.2, 0.25) is 0 Å². The third-order valence-electron chi connectivity index (χ3n) is 3.64. The Labute approximate surface area is 129 Å². The van der Waals surface area contributed by atoms with Crippen molar-refractivity contribution in [1.29, 1.82) is 0 Å². The van der Waals surface area contributed by atoms with Gasteiger partial charge in [-0.1, -0.05) is 57.2 Å². The van der Waals surface area contributed by atoms with Gasteiger partial charge in [-0.2, -0.15) is 0 Å². The molecule has 118 valence electrons. The SMILES string of the molecule is CCCCCCCC(Nc1ccccc1C)C(=O)OCC. The van der Waals surface area contributed by atoms with Crippen LogP contribution in [0.4, 0.5) is 5.69 Å². The first-order valence-corrected chi connectivity index (χ1v) is 8.17. The minimum atomic E-state index is -0.243. The molecule has 0 aliphatic rings. The van der Waals surface area contributed by atoms with Gasteiger partial charge in [-0.05, 0) is 31.9 Å². The predicted octanol–water partition coefficient (Wildman–Crippen LogP) is 4.70. The van der Waals surface area contributed by atoms with Crippen LogP contribution in [0.3, 0.4) is 0 Å². The lowest BCUT2D eigenvalue weighted by Gasteiger charge is -2.19. The van der Waals surface area contributed by atoms with Gasteiger partial charge in [0.05, 0.1) is 6.61 Å². The second kappa shape index (κ2) is 10.3. The van der Waals surface area contributed by atoms with E-state index >= 15 is 0 Å². The first-order chi connectivity index (χ1) is 10.2. The van der Waals surface area contributed by atoms with Crippen LogP contribution in [0.1, 0.15) is 57.9 Å². The van der Waals surface area contributed by atoms with E-state index in [2.05, 4.69) is 12.2 Å². The number of ether oxygens (including phenoxy) is 1. The molecule has 0 aliphatic heterocycles. The van der Waals surface area contributed by atoms with E-state index in [4.69, 9.17) is 4.74 Å². The summed E-state index contributed by atoms with van der Waals surface area (Å²) in [6, 6.07) is 7.81. The van der Waals surface area contributed by atoms with Crippen molar-refractivity contribution in [3.63, 3.8) is 0 Å². The zero-order valence-corrected chi connectivity index (χ0v) is 13.7. The Morgan fingerprint density at radius 3 is 2.52 bits per heavy atom. The molecule has 0 fully saturated rings. The standard InChI is InChI=1S/C18H29NO2/c1-4-6-7-8-9-14-17(18(20)21-5-2)19-16-13-11-10-12-15(16)3/h10-13,17,19H,4-9,14H2,1-3H3. The third-order valence-corrected chi connectivity index (χ3v) is 3.64. The number of esters is 1. The van der Waals surface area contributed by atoms with E-state index in [1.807, 2.05) is 38.1 Å². The molecule has 1 unspecified atom stereocenters. The number of hydrogen-bond donors (Lipinski definition) is 1. The number of para-hydroxylation sites is 1. The molecule has 0 amide bonds. The Morgan fingerprint density at radius 2 is 1.86 bits per heavy atom. The van der Waals surface area contributed by atoms with E-state index in [0.29, 0.717) is 6.61 Å². The van der Waals surface area contributed by atoms with Crippen LogP contribution in [0.5, 0.6) is 0 Å². The highest BCUT2D eigenvalue weighted by atomic mass is 16.5. The number of carbonyl (C=O) groups is 1. The zero-order valence-electron chi connectivity index (χ0n) is 13.7. The Morgan fingerprint density at radius 1 is 1.14 bits per heavy atom. The molecule has 0 saturated carbocycles. The lowest BCUT2D eigenvalue weighted by Crippen LogP contribution is -2.31. The Bertz CT molecular complexity index is 417. The number of benzene rings is 1. The molecule has 1 aromatic rings. The summed E-state index contributed by atoms with van der Waals surface area (Å²) in [7, 11) is 0. The van der Waals surface area contributed by atoms with E-state index in [1.165, 1.54) is 25.7 Å². The van der Waals surface area contributed by atoms with Crippen LogP contribution in [-0.2, 0) is 9.53 Å². The van der Waals surface area contributed by atoms with Crippen molar-refractivity contribution in [1.82, 2.24) is 0 Å². The number of unbranched alkanes of at least 4 members (excludes halogenated alkanes) is 4. The van der Waals surface area contributed by atoms with Crippen LogP contribution < -0.4 is 5.32 Å². The fraction of sp³-hybridized carbons (Fsp3) is 0.611. The number of rotatable bonds is 10. The maximum absolute atomic E-state index is 12.1. The van der Waals surface area contributed by atoms with Gasteiger partial charge in [-0.3, -0.25) is 0 Å². The maximum atomic E-state index is 12.1. The van der Waals surface area contributed by atoms with Crippen LogP contribution in [-0.4, -0.2) is 18.6 Å². The summed E-state index contributed by atoms with van der Waals surface area (Å²) < 4.78 is 5.19. The highest BCUT2D eigenvalue weighted by molar-refractivity contribution is 5.79. The summed E-state index contributed by atoms with van der Waals surface area (Å²) in [6.07, 6.45) is 6.83. The molecule has 21 heavy (non-hydrogen) atoms. The first-order valence-electron chi connectivity index (χ1n) is 8.17. The number of aryl methyl sites for hydroxylation is 1. The minimum Gasteiger partial charge on any atom is -0.464 e. The summed E-state index contributed by atoms with van der Waals surface area (Å²) in [5.74, 6) is -0.142. The summed E-state index contributed by atoms with van der Waals surface area (Å²) in [4.78, 5) is 12.1. The molecule has 1 aromatic carbocycles. The van der Waals surface area contributed by atoms with Crippen molar-refractivity contribution in [2.45, 2.75) is 65.3 Å². The van der Waals surface area contributed by atoms with Gasteiger partial charge in [0.25, 0.3) is 0 Å². The largest absolute Gasteiger partial charge is 0.464 e. The fourth-order valence-electron chi connectivity index (χ4n) is 2.37. The van der Waals surface area contributed by atoms with Gasteiger partial charge < -0.3 is 10.1 Å². The Hall–Kier alpha value is -1.51. The molecule has 0 bridgehead atoms. The maximum Gasteiger partial charge on any atom is 0.328 e. The Balaban J connectivity index is 2.56. The topological polar surface area (TPSA) is 38.3 Å². The molecule has 0 heterocycles. The second-order valence-electron chi connectivity index (χ2n) is 5.47. The average molecular weight is 291 g/mol. The van der Waals surface area contributed by atoms with Gasteiger partial charge in [0.1, 0.15) is 6.04 Å². The summed E-state index contributed by atoms with van der Waals surface area (Å²) in [5.41, 5.74) is 2.17. The lowest BCUT2D eigenvalue weighted by atomic mass is 10.1. The van der Waals surface area contributed by atoms with Crippen molar-refractivity contribution < 1.29 is 9.53 Å². The van der Waals surface area contributed by atoms with Crippen molar-refractivity contribution in [3.05, 3.63) is 29.8 Å². The monoisotopic (exact) mass is 291 g/mol. The third kappa shape index (κ3) is 6.65. The van der Waals surface area contributed by atoms with Crippen LogP contribution in [0.25, 0.3) is 0 Å². The van der Waals surface area contributed by atoms with E-state index in [-0.39, 0.29) is 12.0 Å². The van der Waals surface area contributed by atoms with Crippen LogP contribution in [0.15, 0.2) is 24.3 Å². The number of hydrogen-bond acceptors (Lipinski definition) is 3. The van der Waals surface area contributed by atoms with Crippen molar-refractivity contribution in [2.24, 2.45) is 0 Å². The molecular weight excluding hydrogens is 262 g/mol. The zero-order chi connectivity index (χ0) is 15.5. The van der Waals surface area contributed by atoms with E-state index in [9.17, 15) is 4.79 Å². The van der Waals surface area contributed by atoms with Crippen molar-refractivity contribution in [2.75, 3.05) is 11.9 Å². The molecule has 3 heteroatoms. The predicted molar refractivity (Wildman–Crippen MR) is 88.6 cm³/mol. The molecule has 3 nitrogen and oxygen atoms in total. The summed E-state index contributed by atoms with van der Waals surface area (Å²) in [6.45, 7) is 6.54. The quantitative estimate of drug-likeness (QED) is 0.501. The molecule has 1 atom stereocenters. The van der Waals surface area contributed by atoms with Gasteiger partial charge in [0.15, 0.2) is 0 Å². The van der Waals surface area contributed by atoms with Gasteiger partial charge in [-0.25, -0.2) is 4.79 Å². The summed E-state index contributed by atoms with van der Waals surface area (Å²) >= 11 is 0. The van der Waals surface area contributed by atoms with Crippen LogP contribution in [0, 0.1) is 6.92 Å². The molecular formula is C18H29NO2. The van der Waals surface area contributed by atoms with E-state index in [1.54, 1.807) is 0 Å². The van der Waals surface area contributed by atoms with Crippen LogP contribution in [0.2, 0.25) is 0 Å². The van der Waals surface area contributed by atoms with Gasteiger partial charge >= 0.3 is 5.97 Å². The van der Waals surface area contributed by atoms with Crippen molar-refractivity contribution >= 4 is 11.7 Å². The fourth-order valence-corrected chi connectivity index (χ4v) is 2.37. The second-order valence-corrected chi connectivity index (χ2v) is 5.47. The first kappa shape index (κ1) is 17.5. The lowest BCUT2D eigenvalue weighted by molar-refractivity contribution is -0.144. The van der Waals surface area contributed by atoms with Gasteiger partial charge in [-0.15, -0.1) is 0 Å². The molecule has 0 saturated heterocycles. The highest BCUT2D eigenvalue weighted by Gasteiger charge is 2.19. The molecule has 1 rings (SSSR count). The molecule has 1 N–H and O–H groups in total. The van der Waals surface area contributed by atoms with Crippen molar-refractivity contribution in [3.8, 4) is 0 Å². The number of anilines is 1. The normalized spacial score (nSPS) is 12.0. The van der Waals surface area contributed by atoms with E-state index < -0.39 is 0 Å². The molecule has 0 aliphatic carbocycles. The number of nitrogens with one attached hydrogen (secondary N) is 1. The molecule has 0 aromatic heterocycles. The highest BCUT2D eigenvalue weighted by Crippen LogP contribution is 2.18. The summed E-state index contributed by atoms with van der Waals surface area (Å²) in [5, 5.41) is 3.35.